The van der Waals surface area contributed by atoms with E-state index in [-0.39, 0.29) is 17.7 Å². The number of carbonyl (C=O) groups excluding carboxylic acids is 1. The second-order valence-corrected chi connectivity index (χ2v) is 6.05. The summed E-state index contributed by atoms with van der Waals surface area (Å²) in [5.41, 5.74) is 0.987. The first kappa shape index (κ1) is 14.1. The zero-order valence-electron chi connectivity index (χ0n) is 10.6. The van der Waals surface area contributed by atoms with E-state index in [1.807, 2.05) is 30.5 Å². The minimum Gasteiger partial charge on any atom is -0.508 e. The third kappa shape index (κ3) is 2.98. The highest BCUT2D eigenvalue weighted by molar-refractivity contribution is 9.10. The normalized spacial score (nSPS) is 12.2. The number of thiophene rings is 1. The van der Waals surface area contributed by atoms with E-state index in [0.717, 1.165) is 10.0 Å². The Morgan fingerprint density at radius 3 is 2.47 bits per heavy atom. The molecular formula is C14H14BrNO2S. The van der Waals surface area contributed by atoms with Crippen molar-refractivity contribution < 1.29 is 9.90 Å². The Bertz CT molecular complexity index is 579. The fourth-order valence-electron chi connectivity index (χ4n) is 1.76. The van der Waals surface area contributed by atoms with Gasteiger partial charge in [0.2, 0.25) is 0 Å². The standard InChI is InChI=1S/C14H14BrNO2S/c1-9(10-3-5-11(17)6-4-10)16(2)14(18)13-12(15)7-8-19-13/h3-9,17H,1-2H3. The predicted molar refractivity (Wildman–Crippen MR) is 80.6 cm³/mol. The van der Waals surface area contributed by atoms with E-state index in [9.17, 15) is 9.90 Å². The van der Waals surface area contributed by atoms with Crippen LogP contribution in [0.3, 0.4) is 0 Å². The summed E-state index contributed by atoms with van der Waals surface area (Å²) in [5, 5.41) is 11.2. The SMILES string of the molecule is CC(c1ccc(O)cc1)N(C)C(=O)c1sccc1Br. The van der Waals surface area contributed by atoms with Gasteiger partial charge in [0.25, 0.3) is 5.91 Å². The van der Waals surface area contributed by atoms with Crippen LogP contribution in [0.2, 0.25) is 0 Å². The third-order valence-corrected chi connectivity index (χ3v) is 4.91. The van der Waals surface area contributed by atoms with E-state index in [0.29, 0.717) is 4.88 Å². The molecule has 2 rings (SSSR count). The van der Waals surface area contributed by atoms with E-state index in [4.69, 9.17) is 0 Å². The predicted octanol–water partition coefficient (Wildman–Crippen LogP) is 4.05. The fourth-order valence-corrected chi connectivity index (χ4v) is 3.28. The highest BCUT2D eigenvalue weighted by Crippen LogP contribution is 2.28. The topological polar surface area (TPSA) is 40.5 Å². The Kier molecular flexibility index (Phi) is 4.27. The summed E-state index contributed by atoms with van der Waals surface area (Å²) in [6.07, 6.45) is 0. The molecule has 2 aromatic rings. The van der Waals surface area contributed by atoms with Crippen LogP contribution in [0.1, 0.15) is 28.2 Å². The molecule has 1 heterocycles. The van der Waals surface area contributed by atoms with Crippen molar-refractivity contribution in [1.29, 1.82) is 0 Å². The molecule has 0 radical (unpaired) electrons. The number of hydrogen-bond acceptors (Lipinski definition) is 3. The molecule has 1 atom stereocenters. The first-order valence-corrected chi connectivity index (χ1v) is 7.47. The molecule has 0 spiro atoms. The van der Waals surface area contributed by atoms with Gasteiger partial charge in [0, 0.05) is 11.5 Å². The number of aromatic hydroxyl groups is 1. The van der Waals surface area contributed by atoms with Gasteiger partial charge in [0.05, 0.1) is 6.04 Å². The van der Waals surface area contributed by atoms with Gasteiger partial charge in [-0.05, 0) is 52.0 Å². The Labute approximate surface area is 124 Å². The molecule has 0 saturated heterocycles. The molecule has 3 nitrogen and oxygen atoms in total. The summed E-state index contributed by atoms with van der Waals surface area (Å²) in [4.78, 5) is 14.8. The molecule has 0 fully saturated rings. The van der Waals surface area contributed by atoms with Gasteiger partial charge in [-0.3, -0.25) is 4.79 Å². The number of phenolic OH excluding ortho intramolecular Hbond substituents is 1. The number of benzene rings is 1. The molecule has 100 valence electrons. The Hall–Kier alpha value is -1.33. The third-order valence-electron chi connectivity index (χ3n) is 3.09. The highest BCUT2D eigenvalue weighted by Gasteiger charge is 2.21. The van der Waals surface area contributed by atoms with Crippen LogP contribution in [0.4, 0.5) is 0 Å². The molecular weight excluding hydrogens is 326 g/mol. The van der Waals surface area contributed by atoms with Crippen LogP contribution in [0, 0.1) is 0 Å². The van der Waals surface area contributed by atoms with Crippen LogP contribution in [0.25, 0.3) is 0 Å². The molecule has 5 heteroatoms. The summed E-state index contributed by atoms with van der Waals surface area (Å²) in [6, 6.07) is 8.73. The molecule has 0 bridgehead atoms. The molecule has 1 aromatic carbocycles. The van der Waals surface area contributed by atoms with E-state index in [1.54, 1.807) is 24.1 Å². The maximum Gasteiger partial charge on any atom is 0.265 e. The number of amides is 1. The minimum atomic E-state index is -0.0536. The maximum atomic E-state index is 12.4. The molecule has 1 amide bonds. The zero-order valence-corrected chi connectivity index (χ0v) is 13.0. The second kappa shape index (κ2) is 5.75. The Balaban J connectivity index is 2.19. The molecule has 0 saturated carbocycles. The minimum absolute atomic E-state index is 0.0116. The average Bonchev–Trinajstić information content (AvgIpc) is 2.83. The number of carbonyl (C=O) groups is 1. The zero-order chi connectivity index (χ0) is 14.0. The fraction of sp³-hybridized carbons (Fsp3) is 0.214. The molecule has 0 aliphatic carbocycles. The maximum absolute atomic E-state index is 12.4. The second-order valence-electron chi connectivity index (χ2n) is 4.28. The lowest BCUT2D eigenvalue weighted by Crippen LogP contribution is -2.29. The van der Waals surface area contributed by atoms with Gasteiger partial charge in [-0.15, -0.1) is 11.3 Å². The van der Waals surface area contributed by atoms with Crippen LogP contribution in [0.15, 0.2) is 40.2 Å². The lowest BCUT2D eigenvalue weighted by molar-refractivity contribution is 0.0746. The van der Waals surface area contributed by atoms with E-state index in [1.165, 1.54) is 11.3 Å². The molecule has 19 heavy (non-hydrogen) atoms. The molecule has 0 aliphatic rings. The molecule has 1 aromatic heterocycles. The molecule has 1 N–H and O–H groups in total. The summed E-state index contributed by atoms with van der Waals surface area (Å²) >= 11 is 4.80. The van der Waals surface area contributed by atoms with Crippen LogP contribution < -0.4 is 0 Å². The molecule has 0 aliphatic heterocycles. The van der Waals surface area contributed by atoms with Gasteiger partial charge in [-0.1, -0.05) is 12.1 Å². The van der Waals surface area contributed by atoms with Crippen molar-refractivity contribution >= 4 is 33.2 Å². The van der Waals surface area contributed by atoms with Crippen molar-refractivity contribution in [1.82, 2.24) is 4.90 Å². The summed E-state index contributed by atoms with van der Waals surface area (Å²) in [6.45, 7) is 1.96. The number of rotatable bonds is 3. The first-order chi connectivity index (χ1) is 9.00. The van der Waals surface area contributed by atoms with Crippen molar-refractivity contribution in [3.63, 3.8) is 0 Å². The van der Waals surface area contributed by atoms with E-state index < -0.39 is 0 Å². The van der Waals surface area contributed by atoms with Crippen molar-refractivity contribution in [3.05, 3.63) is 50.6 Å². The lowest BCUT2D eigenvalue weighted by atomic mass is 10.1. The smallest absolute Gasteiger partial charge is 0.265 e. The van der Waals surface area contributed by atoms with E-state index >= 15 is 0 Å². The van der Waals surface area contributed by atoms with Gasteiger partial charge >= 0.3 is 0 Å². The number of phenols is 1. The molecule has 1 unspecified atom stereocenters. The highest BCUT2D eigenvalue weighted by atomic mass is 79.9. The Morgan fingerprint density at radius 1 is 1.32 bits per heavy atom. The van der Waals surface area contributed by atoms with Crippen LogP contribution in [0.5, 0.6) is 5.75 Å². The lowest BCUT2D eigenvalue weighted by Gasteiger charge is -2.25. The van der Waals surface area contributed by atoms with E-state index in [2.05, 4.69) is 15.9 Å². The van der Waals surface area contributed by atoms with Gasteiger partial charge in [0.1, 0.15) is 10.6 Å². The summed E-state index contributed by atoms with van der Waals surface area (Å²) in [5.74, 6) is 0.216. The van der Waals surface area contributed by atoms with Crippen LogP contribution in [-0.2, 0) is 0 Å². The van der Waals surface area contributed by atoms with Crippen molar-refractivity contribution in [2.75, 3.05) is 7.05 Å². The monoisotopic (exact) mass is 339 g/mol. The van der Waals surface area contributed by atoms with Crippen LogP contribution in [-0.4, -0.2) is 23.0 Å². The van der Waals surface area contributed by atoms with Crippen molar-refractivity contribution in [2.45, 2.75) is 13.0 Å². The van der Waals surface area contributed by atoms with Gasteiger partial charge in [-0.2, -0.15) is 0 Å². The average molecular weight is 340 g/mol. The van der Waals surface area contributed by atoms with Crippen molar-refractivity contribution in [3.8, 4) is 5.75 Å². The van der Waals surface area contributed by atoms with Gasteiger partial charge in [0.15, 0.2) is 0 Å². The van der Waals surface area contributed by atoms with Crippen LogP contribution >= 0.6 is 27.3 Å². The quantitative estimate of drug-likeness (QED) is 0.916. The number of hydrogen-bond donors (Lipinski definition) is 1. The number of halogens is 1. The van der Waals surface area contributed by atoms with Gasteiger partial charge < -0.3 is 10.0 Å². The largest absolute Gasteiger partial charge is 0.508 e. The number of nitrogens with zero attached hydrogens (tertiary/aromatic N) is 1. The summed E-state index contributed by atoms with van der Waals surface area (Å²) in [7, 11) is 1.78. The Morgan fingerprint density at radius 2 is 1.95 bits per heavy atom. The first-order valence-electron chi connectivity index (χ1n) is 5.79. The summed E-state index contributed by atoms with van der Waals surface area (Å²) < 4.78 is 0.826. The van der Waals surface area contributed by atoms with Gasteiger partial charge in [-0.25, -0.2) is 0 Å². The van der Waals surface area contributed by atoms with Crippen molar-refractivity contribution in [2.24, 2.45) is 0 Å².